The number of ether oxygens (including phenoxy) is 1. The SMILES string of the molecule is COc1cc(Nc2cc(C(C)C)nn3cc(C)nc23)ccc1-n1cnc(C)c1. The van der Waals surface area contributed by atoms with E-state index in [1.165, 1.54) is 0 Å². The van der Waals surface area contributed by atoms with Gasteiger partial charge in [-0.15, -0.1) is 0 Å². The molecule has 4 aromatic rings. The monoisotopic (exact) mass is 376 g/mol. The molecule has 0 aliphatic carbocycles. The van der Waals surface area contributed by atoms with Crippen LogP contribution in [0.5, 0.6) is 5.75 Å². The van der Waals surface area contributed by atoms with Crippen LogP contribution in [0.25, 0.3) is 11.3 Å². The van der Waals surface area contributed by atoms with Gasteiger partial charge in [0.1, 0.15) is 5.75 Å². The Labute approximate surface area is 164 Å². The lowest BCUT2D eigenvalue weighted by Gasteiger charge is -2.14. The fourth-order valence-electron chi connectivity index (χ4n) is 3.16. The summed E-state index contributed by atoms with van der Waals surface area (Å²) in [6.07, 6.45) is 5.70. The third-order valence-corrected chi connectivity index (χ3v) is 4.60. The van der Waals surface area contributed by atoms with Gasteiger partial charge in [0, 0.05) is 18.0 Å². The topological polar surface area (TPSA) is 69.3 Å². The van der Waals surface area contributed by atoms with Gasteiger partial charge in [0.25, 0.3) is 0 Å². The van der Waals surface area contributed by atoms with Gasteiger partial charge in [-0.3, -0.25) is 0 Å². The number of nitrogens with one attached hydrogen (secondary N) is 1. The van der Waals surface area contributed by atoms with Crippen molar-refractivity contribution >= 4 is 17.0 Å². The minimum atomic E-state index is 0.314. The zero-order chi connectivity index (χ0) is 19.8. The van der Waals surface area contributed by atoms with Crippen molar-refractivity contribution in [3.8, 4) is 11.4 Å². The molecule has 4 rings (SSSR count). The van der Waals surface area contributed by atoms with Gasteiger partial charge in [0.15, 0.2) is 5.65 Å². The maximum atomic E-state index is 5.62. The molecule has 0 radical (unpaired) electrons. The second kappa shape index (κ2) is 6.99. The summed E-state index contributed by atoms with van der Waals surface area (Å²) in [4.78, 5) is 8.91. The van der Waals surface area contributed by atoms with E-state index in [2.05, 4.69) is 40.3 Å². The third-order valence-electron chi connectivity index (χ3n) is 4.60. The van der Waals surface area contributed by atoms with Crippen LogP contribution >= 0.6 is 0 Å². The molecule has 144 valence electrons. The van der Waals surface area contributed by atoms with E-state index in [1.54, 1.807) is 13.4 Å². The standard InChI is InChI=1S/C21H24N6O/c1-13(2)17-9-18(21-23-15(4)11-27(21)25-17)24-16-6-7-19(20(8-16)28-5)26-10-14(3)22-12-26/h6-13,24H,1-5H3. The van der Waals surface area contributed by atoms with E-state index in [0.717, 1.165) is 45.5 Å². The molecule has 1 aromatic carbocycles. The summed E-state index contributed by atoms with van der Waals surface area (Å²) < 4.78 is 9.42. The van der Waals surface area contributed by atoms with Gasteiger partial charge < -0.3 is 14.6 Å². The molecule has 0 fully saturated rings. The number of hydrogen-bond donors (Lipinski definition) is 1. The number of anilines is 2. The van der Waals surface area contributed by atoms with Crippen LogP contribution in [-0.2, 0) is 0 Å². The average molecular weight is 376 g/mol. The van der Waals surface area contributed by atoms with Gasteiger partial charge in [-0.2, -0.15) is 5.10 Å². The molecule has 0 aliphatic rings. The molecule has 0 aliphatic heterocycles. The van der Waals surface area contributed by atoms with Gasteiger partial charge in [-0.1, -0.05) is 13.8 Å². The first-order valence-corrected chi connectivity index (χ1v) is 9.27. The number of aromatic nitrogens is 5. The van der Waals surface area contributed by atoms with Crippen molar-refractivity contribution < 1.29 is 4.74 Å². The number of aryl methyl sites for hydroxylation is 2. The van der Waals surface area contributed by atoms with E-state index >= 15 is 0 Å². The van der Waals surface area contributed by atoms with E-state index in [0.29, 0.717) is 5.92 Å². The minimum Gasteiger partial charge on any atom is -0.494 e. The van der Waals surface area contributed by atoms with Crippen LogP contribution in [0.2, 0.25) is 0 Å². The highest BCUT2D eigenvalue weighted by Crippen LogP contribution is 2.30. The molecule has 28 heavy (non-hydrogen) atoms. The van der Waals surface area contributed by atoms with Crippen molar-refractivity contribution in [3.63, 3.8) is 0 Å². The largest absolute Gasteiger partial charge is 0.494 e. The van der Waals surface area contributed by atoms with E-state index in [9.17, 15) is 0 Å². The van der Waals surface area contributed by atoms with Gasteiger partial charge >= 0.3 is 0 Å². The Morgan fingerprint density at radius 3 is 2.57 bits per heavy atom. The fraction of sp³-hybridized carbons (Fsp3) is 0.286. The van der Waals surface area contributed by atoms with Crippen molar-refractivity contribution in [2.75, 3.05) is 12.4 Å². The number of rotatable bonds is 5. The molecule has 7 heteroatoms. The Morgan fingerprint density at radius 1 is 1.07 bits per heavy atom. The highest BCUT2D eigenvalue weighted by molar-refractivity contribution is 5.75. The van der Waals surface area contributed by atoms with Crippen LogP contribution in [0.3, 0.4) is 0 Å². The second-order valence-electron chi connectivity index (χ2n) is 7.22. The second-order valence-corrected chi connectivity index (χ2v) is 7.22. The first kappa shape index (κ1) is 18.0. The van der Waals surface area contributed by atoms with Gasteiger partial charge in [0.2, 0.25) is 0 Å². The molecule has 0 unspecified atom stereocenters. The van der Waals surface area contributed by atoms with Gasteiger partial charge in [-0.05, 0) is 38.0 Å². The highest BCUT2D eigenvalue weighted by Gasteiger charge is 2.13. The van der Waals surface area contributed by atoms with Crippen LogP contribution < -0.4 is 10.1 Å². The molecule has 0 spiro atoms. The fourth-order valence-corrected chi connectivity index (χ4v) is 3.16. The van der Waals surface area contributed by atoms with E-state index in [4.69, 9.17) is 4.74 Å². The number of fused-ring (bicyclic) bond motifs is 1. The quantitative estimate of drug-likeness (QED) is 0.559. The van der Waals surface area contributed by atoms with Crippen molar-refractivity contribution in [3.05, 3.63) is 60.1 Å². The number of hydrogen-bond acceptors (Lipinski definition) is 5. The molecular formula is C21H24N6O. The summed E-state index contributed by atoms with van der Waals surface area (Å²) in [5.74, 6) is 1.07. The van der Waals surface area contributed by atoms with Crippen LogP contribution in [0.1, 0.15) is 36.8 Å². The van der Waals surface area contributed by atoms with Crippen molar-refractivity contribution in [2.45, 2.75) is 33.6 Å². The number of imidazole rings is 2. The maximum Gasteiger partial charge on any atom is 0.177 e. The predicted molar refractivity (Wildman–Crippen MR) is 110 cm³/mol. The lowest BCUT2D eigenvalue weighted by Crippen LogP contribution is -2.04. The Bertz CT molecular complexity index is 1140. The number of nitrogens with zero attached hydrogens (tertiary/aromatic N) is 5. The minimum absolute atomic E-state index is 0.314. The van der Waals surface area contributed by atoms with Crippen molar-refractivity contribution in [1.29, 1.82) is 0 Å². The van der Waals surface area contributed by atoms with Crippen LogP contribution in [0.15, 0.2) is 43.0 Å². The smallest absolute Gasteiger partial charge is 0.177 e. The molecule has 0 saturated carbocycles. The molecule has 0 saturated heterocycles. The Kier molecular flexibility index (Phi) is 4.50. The van der Waals surface area contributed by atoms with Crippen LogP contribution in [0, 0.1) is 13.8 Å². The van der Waals surface area contributed by atoms with Crippen molar-refractivity contribution in [2.24, 2.45) is 0 Å². The zero-order valence-electron chi connectivity index (χ0n) is 16.8. The summed E-state index contributed by atoms with van der Waals surface area (Å²) >= 11 is 0. The molecule has 3 aromatic heterocycles. The maximum absolute atomic E-state index is 5.62. The number of methoxy groups -OCH3 is 1. The van der Waals surface area contributed by atoms with Gasteiger partial charge in [0.05, 0.1) is 48.1 Å². The van der Waals surface area contributed by atoms with Crippen molar-refractivity contribution in [1.82, 2.24) is 24.1 Å². The summed E-state index contributed by atoms with van der Waals surface area (Å²) in [6, 6.07) is 8.08. The summed E-state index contributed by atoms with van der Waals surface area (Å²) in [7, 11) is 1.67. The summed E-state index contributed by atoms with van der Waals surface area (Å²) in [5, 5.41) is 8.15. The average Bonchev–Trinajstić information content (AvgIpc) is 3.26. The summed E-state index contributed by atoms with van der Waals surface area (Å²) in [5.41, 5.74) is 6.47. The van der Waals surface area contributed by atoms with E-state index < -0.39 is 0 Å². The molecular weight excluding hydrogens is 352 g/mol. The Balaban J connectivity index is 1.75. The van der Waals surface area contributed by atoms with Crippen LogP contribution in [0.4, 0.5) is 11.4 Å². The lowest BCUT2D eigenvalue weighted by atomic mass is 10.1. The predicted octanol–water partition coefficient (Wildman–Crippen LogP) is 4.41. The molecule has 1 N–H and O–H groups in total. The first-order chi connectivity index (χ1) is 13.4. The molecule has 0 atom stereocenters. The Morgan fingerprint density at radius 2 is 1.89 bits per heavy atom. The highest BCUT2D eigenvalue weighted by atomic mass is 16.5. The normalized spacial score (nSPS) is 11.4. The van der Waals surface area contributed by atoms with E-state index in [1.807, 2.05) is 53.5 Å². The zero-order valence-corrected chi connectivity index (χ0v) is 16.8. The number of benzene rings is 1. The lowest BCUT2D eigenvalue weighted by molar-refractivity contribution is 0.413. The molecule has 7 nitrogen and oxygen atoms in total. The van der Waals surface area contributed by atoms with Gasteiger partial charge in [-0.25, -0.2) is 14.5 Å². The Hall–Kier alpha value is -3.35. The first-order valence-electron chi connectivity index (χ1n) is 9.27. The molecule has 0 amide bonds. The molecule has 0 bridgehead atoms. The van der Waals surface area contributed by atoms with Crippen LogP contribution in [-0.4, -0.2) is 31.3 Å². The third kappa shape index (κ3) is 3.31. The summed E-state index contributed by atoms with van der Waals surface area (Å²) in [6.45, 7) is 8.20. The molecule has 3 heterocycles. The van der Waals surface area contributed by atoms with E-state index in [-0.39, 0.29) is 0 Å².